The van der Waals surface area contributed by atoms with E-state index in [0.717, 1.165) is 28.3 Å². The molecule has 22 heavy (non-hydrogen) atoms. The van der Waals surface area contributed by atoms with Gasteiger partial charge in [-0.15, -0.1) is 0 Å². The van der Waals surface area contributed by atoms with Gasteiger partial charge >= 0.3 is 0 Å². The fourth-order valence-electron chi connectivity index (χ4n) is 1.99. The van der Waals surface area contributed by atoms with Crippen molar-refractivity contribution in [1.29, 1.82) is 0 Å². The van der Waals surface area contributed by atoms with E-state index >= 15 is 0 Å². The number of aromatic nitrogens is 2. The molecular weight excluding hydrogens is 340 g/mol. The van der Waals surface area contributed by atoms with Crippen molar-refractivity contribution in [3.8, 4) is 0 Å². The molecule has 0 saturated heterocycles. The molecule has 0 spiro atoms. The van der Waals surface area contributed by atoms with Crippen LogP contribution in [-0.2, 0) is 6.54 Å². The molecule has 0 radical (unpaired) electrons. The highest BCUT2D eigenvalue weighted by molar-refractivity contribution is 9.10. The van der Waals surface area contributed by atoms with Gasteiger partial charge in [-0.25, -0.2) is 9.97 Å². The van der Waals surface area contributed by atoms with Gasteiger partial charge in [0, 0.05) is 22.8 Å². The molecule has 2 N–H and O–H groups in total. The first-order valence-corrected chi connectivity index (χ1v) is 7.71. The third kappa shape index (κ3) is 4.05. The lowest BCUT2D eigenvalue weighted by molar-refractivity contribution is 1.08. The van der Waals surface area contributed by atoms with Crippen LogP contribution in [0.25, 0.3) is 0 Å². The minimum atomic E-state index is 0.732. The predicted octanol–water partition coefficient (Wildman–Crippen LogP) is 4.59. The zero-order valence-corrected chi connectivity index (χ0v) is 13.4. The second-order valence-electron chi connectivity index (χ2n) is 4.76. The average molecular weight is 355 g/mol. The van der Waals surface area contributed by atoms with E-state index in [9.17, 15) is 0 Å². The summed E-state index contributed by atoms with van der Waals surface area (Å²) in [6.45, 7) is 0.732. The van der Waals surface area contributed by atoms with Crippen LogP contribution in [0.2, 0.25) is 0 Å². The minimum Gasteiger partial charge on any atom is -0.366 e. The number of nitrogens with one attached hydrogen (secondary N) is 2. The molecule has 110 valence electrons. The molecule has 5 heteroatoms. The number of hydrogen-bond donors (Lipinski definition) is 2. The van der Waals surface area contributed by atoms with Gasteiger partial charge in [-0.1, -0.05) is 46.3 Å². The van der Waals surface area contributed by atoms with E-state index in [0.29, 0.717) is 0 Å². The number of nitrogens with zero attached hydrogens (tertiary/aromatic N) is 2. The Bertz CT molecular complexity index is 729. The maximum Gasteiger partial charge on any atom is 0.135 e. The molecule has 0 bridgehead atoms. The summed E-state index contributed by atoms with van der Waals surface area (Å²) in [6, 6.07) is 20.1. The summed E-state index contributed by atoms with van der Waals surface area (Å²) >= 11 is 3.42. The molecule has 4 nitrogen and oxygen atoms in total. The van der Waals surface area contributed by atoms with Crippen molar-refractivity contribution < 1.29 is 0 Å². The summed E-state index contributed by atoms with van der Waals surface area (Å²) in [4.78, 5) is 8.48. The molecule has 3 aromatic rings. The zero-order valence-electron chi connectivity index (χ0n) is 11.8. The Balaban J connectivity index is 1.66. The maximum atomic E-state index is 4.24. The van der Waals surface area contributed by atoms with Crippen LogP contribution >= 0.6 is 15.9 Å². The second-order valence-corrected chi connectivity index (χ2v) is 5.68. The van der Waals surface area contributed by atoms with E-state index in [1.165, 1.54) is 5.56 Å². The van der Waals surface area contributed by atoms with Crippen molar-refractivity contribution in [2.24, 2.45) is 0 Å². The third-order valence-corrected chi connectivity index (χ3v) is 3.63. The first-order chi connectivity index (χ1) is 10.8. The summed E-state index contributed by atoms with van der Waals surface area (Å²) in [5, 5.41) is 6.56. The predicted molar refractivity (Wildman–Crippen MR) is 93.2 cm³/mol. The zero-order chi connectivity index (χ0) is 15.2. The highest BCUT2D eigenvalue weighted by Gasteiger charge is 2.00. The molecule has 0 unspecified atom stereocenters. The number of halogens is 1. The number of benzene rings is 2. The standard InChI is InChI=1S/C17H15BrN4/c18-14-6-8-15(9-7-14)22-17-10-16(20-12-21-17)19-11-13-4-2-1-3-5-13/h1-10,12H,11H2,(H2,19,20,21,22). The number of rotatable bonds is 5. The molecule has 0 saturated carbocycles. The summed E-state index contributed by atoms with van der Waals surface area (Å²) in [7, 11) is 0. The molecule has 0 aliphatic heterocycles. The molecule has 0 fully saturated rings. The van der Waals surface area contributed by atoms with E-state index in [1.807, 2.05) is 48.5 Å². The topological polar surface area (TPSA) is 49.8 Å². The van der Waals surface area contributed by atoms with Gasteiger partial charge in [0.1, 0.15) is 18.0 Å². The van der Waals surface area contributed by atoms with E-state index in [4.69, 9.17) is 0 Å². The summed E-state index contributed by atoms with van der Waals surface area (Å²) < 4.78 is 1.05. The normalized spacial score (nSPS) is 10.2. The van der Waals surface area contributed by atoms with Gasteiger partial charge in [0.15, 0.2) is 0 Å². The van der Waals surface area contributed by atoms with Crippen LogP contribution in [0.15, 0.2) is 71.5 Å². The highest BCUT2D eigenvalue weighted by atomic mass is 79.9. The number of anilines is 3. The summed E-state index contributed by atoms with van der Waals surface area (Å²) in [5.41, 5.74) is 2.19. The van der Waals surface area contributed by atoms with Crippen molar-refractivity contribution in [3.05, 3.63) is 77.0 Å². The van der Waals surface area contributed by atoms with Gasteiger partial charge in [-0.05, 0) is 29.8 Å². The highest BCUT2D eigenvalue weighted by Crippen LogP contribution is 2.19. The molecule has 1 aromatic heterocycles. The van der Waals surface area contributed by atoms with Crippen molar-refractivity contribution in [2.75, 3.05) is 10.6 Å². The molecule has 0 aliphatic carbocycles. The molecule has 0 atom stereocenters. The molecule has 1 heterocycles. The maximum absolute atomic E-state index is 4.24. The van der Waals surface area contributed by atoms with Crippen molar-refractivity contribution in [3.63, 3.8) is 0 Å². The fourth-order valence-corrected chi connectivity index (χ4v) is 2.26. The summed E-state index contributed by atoms with van der Waals surface area (Å²) in [5.74, 6) is 1.55. The molecular formula is C17H15BrN4. The van der Waals surface area contributed by atoms with Crippen LogP contribution in [0, 0.1) is 0 Å². The Hall–Kier alpha value is -2.40. The smallest absolute Gasteiger partial charge is 0.135 e. The van der Waals surface area contributed by atoms with Crippen molar-refractivity contribution >= 4 is 33.3 Å². The van der Waals surface area contributed by atoms with Gasteiger partial charge in [0.05, 0.1) is 0 Å². The van der Waals surface area contributed by atoms with E-state index < -0.39 is 0 Å². The Morgan fingerprint density at radius 1 is 0.864 bits per heavy atom. The average Bonchev–Trinajstić information content (AvgIpc) is 2.57. The second kappa shape index (κ2) is 7.04. The van der Waals surface area contributed by atoms with Crippen LogP contribution in [0.5, 0.6) is 0 Å². The molecule has 3 rings (SSSR count). The summed E-state index contributed by atoms with van der Waals surface area (Å²) in [6.07, 6.45) is 1.55. The van der Waals surface area contributed by atoms with E-state index in [2.05, 4.69) is 48.7 Å². The van der Waals surface area contributed by atoms with E-state index in [-0.39, 0.29) is 0 Å². The van der Waals surface area contributed by atoms with Crippen LogP contribution < -0.4 is 10.6 Å². The Labute approximate surface area is 137 Å². The third-order valence-electron chi connectivity index (χ3n) is 3.10. The lowest BCUT2D eigenvalue weighted by Crippen LogP contribution is -2.03. The minimum absolute atomic E-state index is 0.732. The van der Waals surface area contributed by atoms with Gasteiger partial charge in [-0.2, -0.15) is 0 Å². The largest absolute Gasteiger partial charge is 0.366 e. The lowest BCUT2D eigenvalue weighted by atomic mass is 10.2. The van der Waals surface area contributed by atoms with Gasteiger partial charge in [0.25, 0.3) is 0 Å². The Kier molecular flexibility index (Phi) is 4.65. The monoisotopic (exact) mass is 354 g/mol. The molecule has 2 aromatic carbocycles. The Morgan fingerprint density at radius 2 is 1.59 bits per heavy atom. The SMILES string of the molecule is Brc1ccc(Nc2cc(NCc3ccccc3)ncn2)cc1. The Morgan fingerprint density at radius 3 is 2.36 bits per heavy atom. The van der Waals surface area contributed by atoms with Gasteiger partial charge < -0.3 is 10.6 Å². The fraction of sp³-hybridized carbons (Fsp3) is 0.0588. The van der Waals surface area contributed by atoms with Crippen LogP contribution in [-0.4, -0.2) is 9.97 Å². The quantitative estimate of drug-likeness (QED) is 0.703. The van der Waals surface area contributed by atoms with E-state index in [1.54, 1.807) is 6.33 Å². The van der Waals surface area contributed by atoms with Crippen LogP contribution in [0.4, 0.5) is 17.3 Å². The van der Waals surface area contributed by atoms with Gasteiger partial charge in [0.2, 0.25) is 0 Å². The van der Waals surface area contributed by atoms with Crippen molar-refractivity contribution in [2.45, 2.75) is 6.54 Å². The van der Waals surface area contributed by atoms with Crippen molar-refractivity contribution in [1.82, 2.24) is 9.97 Å². The first kappa shape index (κ1) is 14.5. The first-order valence-electron chi connectivity index (χ1n) is 6.92. The number of hydrogen-bond acceptors (Lipinski definition) is 4. The molecule has 0 amide bonds. The lowest BCUT2D eigenvalue weighted by Gasteiger charge is -2.09. The van der Waals surface area contributed by atoms with Crippen LogP contribution in [0.1, 0.15) is 5.56 Å². The van der Waals surface area contributed by atoms with Gasteiger partial charge in [-0.3, -0.25) is 0 Å². The van der Waals surface area contributed by atoms with Crippen LogP contribution in [0.3, 0.4) is 0 Å². The molecule has 0 aliphatic rings.